The van der Waals surface area contributed by atoms with E-state index in [0.29, 0.717) is 43.8 Å². The van der Waals surface area contributed by atoms with Crippen LogP contribution in [-0.2, 0) is 23.9 Å². The molecule has 2 heterocycles. The summed E-state index contributed by atoms with van der Waals surface area (Å²) in [5.74, 6) is 0.123. The smallest absolute Gasteiger partial charge is 0.222 e. The normalized spacial score (nSPS) is 17.0. The van der Waals surface area contributed by atoms with E-state index < -0.39 is 5.60 Å². The molecule has 1 aliphatic heterocycles. The summed E-state index contributed by atoms with van der Waals surface area (Å²) >= 11 is 6.22. The molecule has 1 fully saturated rings. The molecule has 2 aromatic rings. The van der Waals surface area contributed by atoms with Gasteiger partial charge >= 0.3 is 0 Å². The Kier molecular flexibility index (Phi) is 4.92. The second kappa shape index (κ2) is 6.95. The molecule has 128 valence electrons. The second-order valence-corrected chi connectivity index (χ2v) is 6.80. The maximum atomic E-state index is 12.4. The van der Waals surface area contributed by atoms with E-state index in [1.165, 1.54) is 0 Å². The Hall–Kier alpha value is -1.85. The van der Waals surface area contributed by atoms with E-state index in [0.717, 1.165) is 11.3 Å². The van der Waals surface area contributed by atoms with Crippen molar-refractivity contribution < 1.29 is 9.90 Å². The maximum Gasteiger partial charge on any atom is 0.222 e. The van der Waals surface area contributed by atoms with Gasteiger partial charge in [-0.1, -0.05) is 29.8 Å². The monoisotopic (exact) mass is 347 g/mol. The molecule has 6 heteroatoms. The number of imidazole rings is 1. The Morgan fingerprint density at radius 1 is 1.33 bits per heavy atom. The van der Waals surface area contributed by atoms with Crippen molar-refractivity contribution >= 4 is 17.5 Å². The molecule has 1 saturated heterocycles. The lowest BCUT2D eigenvalue weighted by Crippen LogP contribution is -2.45. The van der Waals surface area contributed by atoms with Gasteiger partial charge in [-0.2, -0.15) is 0 Å². The van der Waals surface area contributed by atoms with Crippen molar-refractivity contribution in [3.05, 3.63) is 53.1 Å². The minimum Gasteiger partial charge on any atom is -0.385 e. The van der Waals surface area contributed by atoms with Gasteiger partial charge in [0, 0.05) is 49.0 Å². The van der Waals surface area contributed by atoms with Gasteiger partial charge in [-0.25, -0.2) is 4.98 Å². The van der Waals surface area contributed by atoms with Gasteiger partial charge in [0.15, 0.2) is 0 Å². The van der Waals surface area contributed by atoms with Crippen LogP contribution in [0.3, 0.4) is 0 Å². The summed E-state index contributed by atoms with van der Waals surface area (Å²) in [4.78, 5) is 18.3. The molecule has 0 spiro atoms. The molecule has 1 aromatic heterocycles. The Labute approximate surface area is 146 Å². The zero-order valence-electron chi connectivity index (χ0n) is 13.8. The summed E-state index contributed by atoms with van der Waals surface area (Å²) in [6.45, 7) is 1.10. The van der Waals surface area contributed by atoms with Gasteiger partial charge in [0.1, 0.15) is 0 Å². The van der Waals surface area contributed by atoms with Crippen molar-refractivity contribution in [2.75, 3.05) is 13.1 Å². The number of likely N-dealkylation sites (tertiary alicyclic amines) is 1. The molecule has 5 nitrogen and oxygen atoms in total. The summed E-state index contributed by atoms with van der Waals surface area (Å²) in [5, 5.41) is 11.5. The Bertz CT molecular complexity index is 721. The number of carbonyl (C=O) groups excluding carboxylic acids is 1. The van der Waals surface area contributed by atoms with Gasteiger partial charge in [0.2, 0.25) is 5.91 Å². The van der Waals surface area contributed by atoms with Crippen LogP contribution in [0.4, 0.5) is 0 Å². The molecule has 24 heavy (non-hydrogen) atoms. The van der Waals surface area contributed by atoms with Crippen LogP contribution in [0.25, 0.3) is 0 Å². The van der Waals surface area contributed by atoms with E-state index in [2.05, 4.69) is 4.98 Å². The molecule has 1 aromatic carbocycles. The van der Waals surface area contributed by atoms with Crippen LogP contribution >= 0.6 is 11.6 Å². The van der Waals surface area contributed by atoms with Gasteiger partial charge in [-0.3, -0.25) is 4.79 Å². The van der Waals surface area contributed by atoms with E-state index >= 15 is 0 Å². The number of carbonyl (C=O) groups is 1. The first-order valence-corrected chi connectivity index (χ1v) is 8.58. The summed E-state index contributed by atoms with van der Waals surface area (Å²) in [6, 6.07) is 7.39. The van der Waals surface area contributed by atoms with Crippen molar-refractivity contribution in [2.24, 2.45) is 7.05 Å². The number of piperidine rings is 1. The average Bonchev–Trinajstić information content (AvgIpc) is 2.99. The number of benzene rings is 1. The summed E-state index contributed by atoms with van der Waals surface area (Å²) < 4.78 is 1.93. The number of nitrogens with zero attached hydrogens (tertiary/aromatic N) is 3. The number of halogens is 1. The zero-order chi connectivity index (χ0) is 17.2. The molecule has 0 atom stereocenters. The standard InChI is InChI=1S/C18H22ClN3O2/c1-21-13-20-12-14(21)6-7-17(23)22-10-8-18(24,9-11-22)15-4-2-3-5-16(15)19/h2-5,12-13,24H,6-11H2,1H3. The first kappa shape index (κ1) is 17.0. The molecule has 1 aliphatic rings. The molecular weight excluding hydrogens is 326 g/mol. The highest BCUT2D eigenvalue weighted by Gasteiger charge is 2.36. The lowest BCUT2D eigenvalue weighted by molar-refractivity contribution is -0.135. The highest BCUT2D eigenvalue weighted by Crippen LogP contribution is 2.36. The van der Waals surface area contributed by atoms with Crippen LogP contribution in [0.15, 0.2) is 36.8 Å². The fourth-order valence-corrected chi connectivity index (χ4v) is 3.56. The number of aromatic nitrogens is 2. The molecule has 0 aliphatic carbocycles. The maximum absolute atomic E-state index is 12.4. The highest BCUT2D eigenvalue weighted by atomic mass is 35.5. The van der Waals surface area contributed by atoms with Crippen LogP contribution in [0, 0.1) is 0 Å². The number of rotatable bonds is 4. The number of amides is 1. The topological polar surface area (TPSA) is 58.4 Å². The van der Waals surface area contributed by atoms with Gasteiger partial charge < -0.3 is 14.6 Å². The van der Waals surface area contributed by atoms with E-state index in [-0.39, 0.29) is 5.91 Å². The number of hydrogen-bond acceptors (Lipinski definition) is 3. The van der Waals surface area contributed by atoms with E-state index in [1.54, 1.807) is 18.6 Å². The zero-order valence-corrected chi connectivity index (χ0v) is 14.5. The third-order valence-corrected chi connectivity index (χ3v) is 5.16. The molecule has 0 unspecified atom stereocenters. The molecule has 3 rings (SSSR count). The molecule has 0 radical (unpaired) electrons. The quantitative estimate of drug-likeness (QED) is 0.924. The van der Waals surface area contributed by atoms with Crippen molar-refractivity contribution in [2.45, 2.75) is 31.3 Å². The van der Waals surface area contributed by atoms with Gasteiger partial charge in [-0.15, -0.1) is 0 Å². The Morgan fingerprint density at radius 2 is 2.04 bits per heavy atom. The van der Waals surface area contributed by atoms with E-state index in [1.807, 2.05) is 34.7 Å². The van der Waals surface area contributed by atoms with Crippen LogP contribution in [0.2, 0.25) is 5.02 Å². The van der Waals surface area contributed by atoms with Crippen molar-refractivity contribution in [3.8, 4) is 0 Å². The van der Waals surface area contributed by atoms with Crippen molar-refractivity contribution in [3.63, 3.8) is 0 Å². The molecular formula is C18H22ClN3O2. The van der Waals surface area contributed by atoms with Crippen molar-refractivity contribution in [1.82, 2.24) is 14.5 Å². The minimum atomic E-state index is -0.947. The van der Waals surface area contributed by atoms with E-state index in [9.17, 15) is 9.90 Å². The fourth-order valence-electron chi connectivity index (χ4n) is 3.25. The van der Waals surface area contributed by atoms with Crippen LogP contribution < -0.4 is 0 Å². The third kappa shape index (κ3) is 3.47. The first-order valence-electron chi connectivity index (χ1n) is 8.20. The van der Waals surface area contributed by atoms with Gasteiger partial charge in [-0.05, 0) is 25.3 Å². The average molecular weight is 348 g/mol. The number of aryl methyl sites for hydroxylation is 2. The molecule has 1 amide bonds. The third-order valence-electron chi connectivity index (χ3n) is 4.83. The molecule has 0 saturated carbocycles. The van der Waals surface area contributed by atoms with Gasteiger partial charge in [0.25, 0.3) is 0 Å². The summed E-state index contributed by atoms with van der Waals surface area (Å²) in [6.07, 6.45) is 5.69. The number of aliphatic hydroxyl groups is 1. The van der Waals surface area contributed by atoms with Crippen LogP contribution in [-0.4, -0.2) is 38.6 Å². The molecule has 0 bridgehead atoms. The number of hydrogen-bond donors (Lipinski definition) is 1. The highest BCUT2D eigenvalue weighted by molar-refractivity contribution is 6.31. The SMILES string of the molecule is Cn1cncc1CCC(=O)N1CCC(O)(c2ccccc2Cl)CC1. The minimum absolute atomic E-state index is 0.123. The lowest BCUT2D eigenvalue weighted by Gasteiger charge is -2.39. The van der Waals surface area contributed by atoms with Crippen LogP contribution in [0.5, 0.6) is 0 Å². The van der Waals surface area contributed by atoms with Gasteiger partial charge in [0.05, 0.1) is 11.9 Å². The Morgan fingerprint density at radius 3 is 2.67 bits per heavy atom. The Balaban J connectivity index is 1.57. The molecule has 1 N–H and O–H groups in total. The lowest BCUT2D eigenvalue weighted by atomic mass is 9.84. The van der Waals surface area contributed by atoms with Crippen LogP contribution in [0.1, 0.15) is 30.5 Å². The van der Waals surface area contributed by atoms with Crippen molar-refractivity contribution in [1.29, 1.82) is 0 Å². The summed E-state index contributed by atoms with van der Waals surface area (Å²) in [5.41, 5.74) is 0.860. The fraction of sp³-hybridized carbons (Fsp3) is 0.444. The largest absolute Gasteiger partial charge is 0.385 e. The van der Waals surface area contributed by atoms with E-state index in [4.69, 9.17) is 11.6 Å². The second-order valence-electron chi connectivity index (χ2n) is 6.39. The predicted molar refractivity (Wildman–Crippen MR) is 92.7 cm³/mol. The predicted octanol–water partition coefficient (Wildman–Crippen LogP) is 2.52. The summed E-state index contributed by atoms with van der Waals surface area (Å²) in [7, 11) is 1.93. The first-order chi connectivity index (χ1) is 11.5.